The van der Waals surface area contributed by atoms with Gasteiger partial charge in [0, 0.05) is 50.1 Å². The first kappa shape index (κ1) is 23.8. The van der Waals surface area contributed by atoms with Crippen molar-refractivity contribution in [2.45, 2.75) is 53.5 Å². The van der Waals surface area contributed by atoms with Gasteiger partial charge in [0.05, 0.1) is 12.7 Å². The summed E-state index contributed by atoms with van der Waals surface area (Å²) in [5.41, 5.74) is 2.85. The lowest BCUT2D eigenvalue weighted by molar-refractivity contribution is 0.0908. The first-order valence-electron chi connectivity index (χ1n) is 9.71. The van der Waals surface area contributed by atoms with E-state index in [1.165, 1.54) is 22.0 Å². The molecule has 1 N–H and O–H groups in total. The van der Waals surface area contributed by atoms with Gasteiger partial charge in [0.1, 0.15) is 6.33 Å². The fourth-order valence-corrected chi connectivity index (χ4v) is 2.15. The van der Waals surface area contributed by atoms with Crippen molar-refractivity contribution in [1.29, 1.82) is 0 Å². The summed E-state index contributed by atoms with van der Waals surface area (Å²) >= 11 is 0. The number of rotatable bonds is 6. The molecule has 0 radical (unpaired) electrons. The third-order valence-electron chi connectivity index (χ3n) is 3.80. The summed E-state index contributed by atoms with van der Waals surface area (Å²) in [6, 6.07) is 0. The number of hydrogen-bond donors (Lipinski definition) is 1. The van der Waals surface area contributed by atoms with Crippen molar-refractivity contribution in [3.05, 3.63) is 79.5 Å². The Bertz CT molecular complexity index is 794. The van der Waals surface area contributed by atoms with E-state index in [1.54, 1.807) is 31.1 Å². The number of aromatic nitrogens is 6. The molecule has 3 heterocycles. The normalized spacial score (nSPS) is 10.3. The lowest BCUT2D eigenvalue weighted by Crippen LogP contribution is -2.05. The molecule has 0 atom stereocenters. The molecule has 0 aliphatic carbocycles. The SMILES string of the molecule is CC(C)=CCCC(C)=CCn1ccnc1.CCC(=O)n1ccnc1.c1c[nH]cn1. The number of aromatic amines is 1. The maximum Gasteiger partial charge on any atom is 0.231 e. The molecule has 156 valence electrons. The zero-order valence-corrected chi connectivity index (χ0v) is 17.8. The van der Waals surface area contributed by atoms with Crippen LogP contribution >= 0.6 is 0 Å². The third kappa shape index (κ3) is 12.0. The van der Waals surface area contributed by atoms with Gasteiger partial charge < -0.3 is 9.55 Å². The molecule has 0 aromatic carbocycles. The standard InChI is InChI=1S/C13H20N2.C6H8N2O.C3H4N2/c1-12(2)5-4-6-13(3)7-9-15-10-8-14-11-15;1-2-6(9)8-4-3-7-5-8;1-2-5-3-4-1/h5,7-8,10-11H,4,6,9H2,1-3H3;3-5H,2H2,1H3;1-3H,(H,4,5). The summed E-state index contributed by atoms with van der Waals surface area (Å²) in [5.74, 6) is 0.0764. The van der Waals surface area contributed by atoms with Gasteiger partial charge in [-0.2, -0.15) is 0 Å². The summed E-state index contributed by atoms with van der Waals surface area (Å²) in [6.07, 6.45) is 22.8. The number of H-pyrrole nitrogens is 1. The maximum atomic E-state index is 10.8. The molecule has 0 fully saturated rings. The number of nitrogens with one attached hydrogen (secondary N) is 1. The van der Waals surface area contributed by atoms with E-state index in [2.05, 4.69) is 57.4 Å². The van der Waals surface area contributed by atoms with Gasteiger partial charge in [-0.05, 0) is 33.6 Å². The molecule has 0 unspecified atom stereocenters. The highest BCUT2D eigenvalue weighted by Crippen LogP contribution is 2.06. The van der Waals surface area contributed by atoms with Crippen LogP contribution in [-0.2, 0) is 6.54 Å². The molecule has 7 nitrogen and oxygen atoms in total. The van der Waals surface area contributed by atoms with Gasteiger partial charge in [-0.1, -0.05) is 30.2 Å². The highest BCUT2D eigenvalue weighted by Gasteiger charge is 1.96. The average molecular weight is 397 g/mol. The number of nitrogens with zero attached hydrogens (tertiary/aromatic N) is 5. The van der Waals surface area contributed by atoms with E-state index >= 15 is 0 Å². The van der Waals surface area contributed by atoms with Gasteiger partial charge >= 0.3 is 0 Å². The Morgan fingerprint density at radius 1 is 1.00 bits per heavy atom. The predicted molar refractivity (Wildman–Crippen MR) is 116 cm³/mol. The Morgan fingerprint density at radius 2 is 1.76 bits per heavy atom. The van der Waals surface area contributed by atoms with Crippen molar-refractivity contribution in [2.75, 3.05) is 0 Å². The molecule has 0 aliphatic rings. The van der Waals surface area contributed by atoms with Gasteiger partial charge in [0.15, 0.2) is 0 Å². The van der Waals surface area contributed by atoms with Crippen LogP contribution in [0.25, 0.3) is 0 Å². The zero-order valence-electron chi connectivity index (χ0n) is 17.8. The van der Waals surface area contributed by atoms with Crippen molar-refractivity contribution in [1.82, 2.24) is 29.1 Å². The molecule has 0 amide bonds. The Labute approximate surface area is 173 Å². The molecule has 7 heteroatoms. The molecule has 0 aliphatic heterocycles. The lowest BCUT2D eigenvalue weighted by atomic mass is 10.1. The summed E-state index contributed by atoms with van der Waals surface area (Å²) < 4.78 is 3.55. The summed E-state index contributed by atoms with van der Waals surface area (Å²) in [4.78, 5) is 25.0. The quantitative estimate of drug-likeness (QED) is 0.600. The van der Waals surface area contributed by atoms with Crippen LogP contribution in [-0.4, -0.2) is 35.0 Å². The Hall–Kier alpha value is -3.22. The summed E-state index contributed by atoms with van der Waals surface area (Å²) in [6.45, 7) is 9.23. The van der Waals surface area contributed by atoms with E-state index < -0.39 is 0 Å². The van der Waals surface area contributed by atoms with Crippen molar-refractivity contribution < 1.29 is 4.79 Å². The second kappa shape index (κ2) is 14.8. The minimum Gasteiger partial charge on any atom is -0.351 e. The lowest BCUT2D eigenvalue weighted by Gasteiger charge is -2.00. The van der Waals surface area contributed by atoms with E-state index in [4.69, 9.17) is 0 Å². The largest absolute Gasteiger partial charge is 0.351 e. The van der Waals surface area contributed by atoms with Crippen molar-refractivity contribution in [2.24, 2.45) is 0 Å². The smallest absolute Gasteiger partial charge is 0.231 e. The molecule has 0 bridgehead atoms. The number of carbonyl (C=O) groups excluding carboxylic acids is 1. The van der Waals surface area contributed by atoms with Crippen molar-refractivity contribution in [3.63, 3.8) is 0 Å². The van der Waals surface area contributed by atoms with E-state index in [0.717, 1.165) is 19.4 Å². The van der Waals surface area contributed by atoms with Crippen LogP contribution < -0.4 is 0 Å². The minimum absolute atomic E-state index is 0.0764. The highest BCUT2D eigenvalue weighted by molar-refractivity contribution is 5.78. The topological polar surface area (TPSA) is 81.4 Å². The molecular formula is C22H32N6O. The van der Waals surface area contributed by atoms with E-state index in [1.807, 2.05) is 25.6 Å². The van der Waals surface area contributed by atoms with Gasteiger partial charge in [0.25, 0.3) is 0 Å². The number of imidazole rings is 3. The molecule has 3 rings (SSSR count). The van der Waals surface area contributed by atoms with E-state index in [-0.39, 0.29) is 5.91 Å². The second-order valence-electron chi connectivity index (χ2n) is 6.61. The van der Waals surface area contributed by atoms with Crippen LogP contribution in [0.2, 0.25) is 0 Å². The van der Waals surface area contributed by atoms with E-state index in [9.17, 15) is 4.79 Å². The summed E-state index contributed by atoms with van der Waals surface area (Å²) in [7, 11) is 0. The molecule has 0 saturated carbocycles. The Balaban J connectivity index is 0.000000251. The monoisotopic (exact) mass is 396 g/mol. The summed E-state index contributed by atoms with van der Waals surface area (Å²) in [5, 5.41) is 0. The molecule has 29 heavy (non-hydrogen) atoms. The Kier molecular flexibility index (Phi) is 12.1. The van der Waals surface area contributed by atoms with Crippen LogP contribution in [0.15, 0.2) is 79.5 Å². The first-order valence-corrected chi connectivity index (χ1v) is 9.71. The van der Waals surface area contributed by atoms with Crippen molar-refractivity contribution in [3.8, 4) is 0 Å². The van der Waals surface area contributed by atoms with Crippen LogP contribution in [0.4, 0.5) is 0 Å². The number of allylic oxidation sites excluding steroid dienone is 4. The molecule has 0 saturated heterocycles. The first-order chi connectivity index (χ1) is 14.0. The van der Waals surface area contributed by atoms with Gasteiger partial charge in [-0.25, -0.2) is 15.0 Å². The zero-order chi connectivity index (χ0) is 21.3. The highest BCUT2D eigenvalue weighted by atomic mass is 16.1. The van der Waals surface area contributed by atoms with Crippen LogP contribution in [0.1, 0.15) is 51.8 Å². The predicted octanol–water partition coefficient (Wildman–Crippen LogP) is 4.92. The third-order valence-corrected chi connectivity index (χ3v) is 3.80. The maximum absolute atomic E-state index is 10.8. The van der Waals surface area contributed by atoms with Crippen LogP contribution in [0.5, 0.6) is 0 Å². The van der Waals surface area contributed by atoms with Gasteiger partial charge in [-0.3, -0.25) is 9.36 Å². The molecule has 3 aromatic rings. The number of carbonyl (C=O) groups is 1. The van der Waals surface area contributed by atoms with Crippen molar-refractivity contribution >= 4 is 5.91 Å². The van der Waals surface area contributed by atoms with Crippen LogP contribution in [0.3, 0.4) is 0 Å². The Morgan fingerprint density at radius 3 is 2.24 bits per heavy atom. The molecule has 3 aromatic heterocycles. The fraction of sp³-hybridized carbons (Fsp3) is 0.364. The minimum atomic E-state index is 0.0764. The van der Waals surface area contributed by atoms with Crippen LogP contribution in [0, 0.1) is 0 Å². The second-order valence-corrected chi connectivity index (χ2v) is 6.61. The fourth-order valence-electron chi connectivity index (χ4n) is 2.15. The average Bonchev–Trinajstić information content (AvgIpc) is 3.50. The molecular weight excluding hydrogens is 364 g/mol. The van der Waals surface area contributed by atoms with Gasteiger partial charge in [0.2, 0.25) is 5.91 Å². The van der Waals surface area contributed by atoms with E-state index in [0.29, 0.717) is 6.42 Å². The van der Waals surface area contributed by atoms with Gasteiger partial charge in [-0.15, -0.1) is 0 Å². The molecule has 0 spiro atoms. The number of hydrogen-bond acceptors (Lipinski definition) is 4.